The van der Waals surface area contributed by atoms with Crippen molar-refractivity contribution in [2.24, 2.45) is 0 Å². The monoisotopic (exact) mass is 330 g/mol. The molecule has 1 unspecified atom stereocenters. The zero-order valence-electron chi connectivity index (χ0n) is 11.9. The average molecular weight is 330 g/mol. The molecule has 0 radical (unpaired) electrons. The van der Waals surface area contributed by atoms with E-state index in [4.69, 9.17) is 0 Å². The van der Waals surface area contributed by atoms with Crippen LogP contribution in [0.4, 0.5) is 0 Å². The first-order valence-corrected chi connectivity index (χ1v) is 8.53. The smallest absolute Gasteiger partial charge is 0.254 e. The molecule has 0 aromatic carbocycles. The lowest BCUT2D eigenvalue weighted by Crippen LogP contribution is -2.30. The molecular formula is C15H14N4OS2. The van der Waals surface area contributed by atoms with E-state index >= 15 is 0 Å². The molecule has 7 heteroatoms. The quantitative estimate of drug-likeness (QED) is 0.781. The fourth-order valence-corrected chi connectivity index (χ4v) is 3.56. The Morgan fingerprint density at radius 3 is 2.77 bits per heavy atom. The number of nitrogens with one attached hydrogen (secondary N) is 1. The van der Waals surface area contributed by atoms with Gasteiger partial charge in [-0.25, -0.2) is 15.0 Å². The van der Waals surface area contributed by atoms with Gasteiger partial charge in [0, 0.05) is 29.9 Å². The van der Waals surface area contributed by atoms with E-state index in [9.17, 15) is 4.79 Å². The van der Waals surface area contributed by atoms with Crippen molar-refractivity contribution in [2.45, 2.75) is 19.4 Å². The van der Waals surface area contributed by atoms with Crippen LogP contribution in [0.5, 0.6) is 0 Å². The summed E-state index contributed by atoms with van der Waals surface area (Å²) in [4.78, 5) is 24.6. The molecule has 1 atom stereocenters. The normalized spacial score (nSPS) is 12.0. The van der Waals surface area contributed by atoms with Gasteiger partial charge in [-0.2, -0.15) is 11.3 Å². The maximum atomic E-state index is 12.4. The van der Waals surface area contributed by atoms with Gasteiger partial charge in [0.05, 0.1) is 11.6 Å². The van der Waals surface area contributed by atoms with E-state index in [-0.39, 0.29) is 11.9 Å². The number of thiophene rings is 1. The van der Waals surface area contributed by atoms with Gasteiger partial charge < -0.3 is 5.32 Å². The summed E-state index contributed by atoms with van der Waals surface area (Å²) in [5.41, 5.74) is 2.60. The number of amides is 1. The molecule has 0 saturated carbocycles. The summed E-state index contributed by atoms with van der Waals surface area (Å²) in [6.07, 6.45) is 5.15. The Labute approximate surface area is 136 Å². The molecule has 3 aromatic rings. The first kappa shape index (κ1) is 14.8. The van der Waals surface area contributed by atoms with Crippen LogP contribution in [0.3, 0.4) is 0 Å². The maximum absolute atomic E-state index is 12.4. The van der Waals surface area contributed by atoms with Crippen molar-refractivity contribution in [1.82, 2.24) is 20.3 Å². The maximum Gasteiger partial charge on any atom is 0.254 e. The van der Waals surface area contributed by atoms with Gasteiger partial charge in [0.1, 0.15) is 11.3 Å². The molecule has 112 valence electrons. The fourth-order valence-electron chi connectivity index (χ4n) is 2.03. The highest BCUT2D eigenvalue weighted by Gasteiger charge is 2.19. The minimum absolute atomic E-state index is 0.152. The van der Waals surface area contributed by atoms with Gasteiger partial charge in [-0.05, 0) is 29.3 Å². The van der Waals surface area contributed by atoms with E-state index in [2.05, 4.69) is 31.7 Å². The number of carbonyl (C=O) groups excluding carboxylic acids is 1. The number of hydrogen-bond donors (Lipinski definition) is 1. The van der Waals surface area contributed by atoms with Crippen molar-refractivity contribution in [3.63, 3.8) is 0 Å². The Balaban J connectivity index is 1.80. The van der Waals surface area contributed by atoms with Crippen molar-refractivity contribution in [3.8, 4) is 0 Å². The van der Waals surface area contributed by atoms with E-state index in [1.54, 1.807) is 22.7 Å². The second-order valence-corrected chi connectivity index (χ2v) is 6.49. The minimum Gasteiger partial charge on any atom is -0.342 e. The molecule has 1 amide bonds. The first-order valence-electron chi connectivity index (χ1n) is 6.71. The summed E-state index contributed by atoms with van der Waals surface area (Å²) < 4.78 is 0. The number of aryl methyl sites for hydroxylation is 1. The lowest BCUT2D eigenvalue weighted by molar-refractivity contribution is 0.0935. The van der Waals surface area contributed by atoms with E-state index in [1.165, 1.54) is 24.3 Å². The van der Waals surface area contributed by atoms with Crippen LogP contribution in [0.1, 0.15) is 32.7 Å². The van der Waals surface area contributed by atoms with Crippen LogP contribution in [0.2, 0.25) is 0 Å². The summed E-state index contributed by atoms with van der Waals surface area (Å²) in [5.74, 6) is -0.186. The zero-order valence-corrected chi connectivity index (χ0v) is 13.5. The van der Waals surface area contributed by atoms with Gasteiger partial charge >= 0.3 is 0 Å². The Morgan fingerprint density at radius 1 is 1.32 bits per heavy atom. The summed E-state index contributed by atoms with van der Waals surface area (Å²) in [6.45, 7) is 1.95. The topological polar surface area (TPSA) is 67.8 Å². The van der Waals surface area contributed by atoms with E-state index in [0.717, 1.165) is 17.1 Å². The molecule has 0 aliphatic heterocycles. The van der Waals surface area contributed by atoms with E-state index in [0.29, 0.717) is 5.56 Å². The van der Waals surface area contributed by atoms with Crippen LogP contribution in [0.15, 0.2) is 40.9 Å². The number of aromatic nitrogens is 3. The molecule has 3 heterocycles. The van der Waals surface area contributed by atoms with Crippen molar-refractivity contribution in [1.29, 1.82) is 0 Å². The van der Waals surface area contributed by atoms with Crippen molar-refractivity contribution < 1.29 is 4.79 Å². The van der Waals surface area contributed by atoms with Crippen LogP contribution in [-0.2, 0) is 6.42 Å². The third-order valence-electron chi connectivity index (χ3n) is 3.08. The summed E-state index contributed by atoms with van der Waals surface area (Å²) in [5, 5.41) is 10.1. The lowest BCUT2D eigenvalue weighted by Gasteiger charge is -2.16. The SMILES string of the molecule is Cc1csc(C(Cc2ccsc2)NC(=O)c2cncnc2)n1. The Kier molecular flexibility index (Phi) is 4.55. The molecule has 0 aliphatic rings. The Morgan fingerprint density at radius 2 is 2.14 bits per heavy atom. The summed E-state index contributed by atoms with van der Waals surface area (Å²) in [6, 6.07) is 1.91. The molecule has 3 aromatic heterocycles. The van der Waals surface area contributed by atoms with Crippen LogP contribution >= 0.6 is 22.7 Å². The first-order chi connectivity index (χ1) is 10.7. The number of carbonyl (C=O) groups is 1. The fraction of sp³-hybridized carbons (Fsp3) is 0.200. The lowest BCUT2D eigenvalue weighted by atomic mass is 10.1. The predicted molar refractivity (Wildman–Crippen MR) is 87.1 cm³/mol. The van der Waals surface area contributed by atoms with Crippen LogP contribution in [0, 0.1) is 6.92 Å². The van der Waals surface area contributed by atoms with Gasteiger partial charge in [0.2, 0.25) is 0 Å². The number of rotatable bonds is 5. The van der Waals surface area contributed by atoms with Crippen molar-refractivity contribution in [2.75, 3.05) is 0 Å². The van der Waals surface area contributed by atoms with Crippen molar-refractivity contribution in [3.05, 3.63) is 62.8 Å². The van der Waals surface area contributed by atoms with E-state index < -0.39 is 0 Å². The highest BCUT2D eigenvalue weighted by Crippen LogP contribution is 2.23. The molecule has 22 heavy (non-hydrogen) atoms. The molecular weight excluding hydrogens is 316 g/mol. The number of thiazole rings is 1. The standard InChI is InChI=1S/C15H14N4OS2/c1-10-7-22-15(18-10)13(4-11-2-3-21-8-11)19-14(20)12-5-16-9-17-6-12/h2-3,5-9,13H,4H2,1H3,(H,19,20). The Hall–Kier alpha value is -2.12. The molecule has 0 bridgehead atoms. The third-order valence-corrected chi connectivity index (χ3v) is 4.89. The van der Waals surface area contributed by atoms with Crippen LogP contribution in [0.25, 0.3) is 0 Å². The largest absolute Gasteiger partial charge is 0.342 e. The molecule has 3 rings (SSSR count). The third kappa shape index (κ3) is 3.55. The molecule has 0 fully saturated rings. The van der Waals surface area contributed by atoms with Gasteiger partial charge in [-0.3, -0.25) is 4.79 Å². The second-order valence-electron chi connectivity index (χ2n) is 4.82. The minimum atomic E-state index is -0.186. The highest BCUT2D eigenvalue weighted by atomic mass is 32.1. The molecule has 0 saturated heterocycles. The number of hydrogen-bond acceptors (Lipinski definition) is 6. The molecule has 0 aliphatic carbocycles. The van der Waals surface area contributed by atoms with Gasteiger partial charge in [0.25, 0.3) is 5.91 Å². The Bertz CT molecular complexity index is 740. The highest BCUT2D eigenvalue weighted by molar-refractivity contribution is 7.09. The van der Waals surface area contributed by atoms with Gasteiger partial charge in [-0.1, -0.05) is 0 Å². The summed E-state index contributed by atoms with van der Waals surface area (Å²) >= 11 is 3.21. The molecule has 5 nitrogen and oxygen atoms in total. The average Bonchev–Trinajstić information content (AvgIpc) is 3.19. The second kappa shape index (κ2) is 6.76. The van der Waals surface area contributed by atoms with Crippen molar-refractivity contribution >= 4 is 28.6 Å². The zero-order chi connectivity index (χ0) is 15.4. The predicted octanol–water partition coefficient (Wildman–Crippen LogP) is 3.02. The molecule has 1 N–H and O–H groups in total. The summed E-state index contributed by atoms with van der Waals surface area (Å²) in [7, 11) is 0. The number of nitrogens with zero attached hydrogens (tertiary/aromatic N) is 3. The van der Waals surface area contributed by atoms with Crippen LogP contribution < -0.4 is 5.32 Å². The van der Waals surface area contributed by atoms with Gasteiger partial charge in [-0.15, -0.1) is 11.3 Å². The molecule has 0 spiro atoms. The van der Waals surface area contributed by atoms with Crippen LogP contribution in [-0.4, -0.2) is 20.9 Å². The van der Waals surface area contributed by atoms with Gasteiger partial charge in [0.15, 0.2) is 0 Å². The van der Waals surface area contributed by atoms with E-state index in [1.807, 2.05) is 17.7 Å².